The van der Waals surface area contributed by atoms with E-state index in [0.29, 0.717) is 5.57 Å². The number of Topliss-reactive ketones (excluding diaryl/α,β-unsaturated/α-hetero) is 1. The van der Waals surface area contributed by atoms with E-state index in [0.717, 1.165) is 11.1 Å². The summed E-state index contributed by atoms with van der Waals surface area (Å²) in [5, 5.41) is 0. The maximum absolute atomic E-state index is 11.5. The molecule has 31 heavy (non-hydrogen) atoms. The molecule has 0 bridgehead atoms. The summed E-state index contributed by atoms with van der Waals surface area (Å²) in [4.78, 5) is 11.5. The van der Waals surface area contributed by atoms with Gasteiger partial charge in [0.25, 0.3) is 0 Å². The molecule has 5 heteroatoms. The predicted molar refractivity (Wildman–Crippen MR) is 111 cm³/mol. The van der Waals surface area contributed by atoms with Crippen molar-refractivity contribution in [3.05, 3.63) is 136 Å². The van der Waals surface area contributed by atoms with Crippen LogP contribution in [0.25, 0.3) is 6.08 Å². The van der Waals surface area contributed by atoms with E-state index in [2.05, 4.69) is 38.7 Å². The van der Waals surface area contributed by atoms with Gasteiger partial charge in [-0.3, -0.25) is 0 Å². The van der Waals surface area contributed by atoms with Crippen molar-refractivity contribution in [2.75, 3.05) is 0 Å². The molecule has 0 heterocycles. The topological polar surface area (TPSA) is 76.8 Å². The Hall–Kier alpha value is -2.81. The second kappa shape index (κ2) is 25.2. The summed E-state index contributed by atoms with van der Waals surface area (Å²) in [5.41, 5.74) is 2.23. The molecule has 1 aliphatic rings. The van der Waals surface area contributed by atoms with Crippen LogP contribution in [0.2, 0.25) is 0 Å². The normalized spacial score (nSPS) is 10.5. The summed E-state index contributed by atoms with van der Waals surface area (Å²) in [6, 6.07) is 19.2. The van der Waals surface area contributed by atoms with Gasteiger partial charge in [-0.2, -0.15) is 12.8 Å². The van der Waals surface area contributed by atoms with E-state index in [9.17, 15) is 4.79 Å². The number of benzene rings is 2. The van der Waals surface area contributed by atoms with Gasteiger partial charge in [-0.05, 0) is 49.8 Å². The molecule has 4 nitrogen and oxygen atoms in total. The summed E-state index contributed by atoms with van der Waals surface area (Å²) < 4.78 is 22.5. The minimum Gasteiger partial charge on any atom is -0.331 e. The Morgan fingerprint density at radius 1 is 0.742 bits per heavy atom. The summed E-state index contributed by atoms with van der Waals surface area (Å²) >= 11 is 0. The van der Waals surface area contributed by atoms with Crippen molar-refractivity contribution in [2.24, 2.45) is 0 Å². The fourth-order valence-corrected chi connectivity index (χ4v) is 1.88. The summed E-state index contributed by atoms with van der Waals surface area (Å²) in [6.07, 6.45) is 11.8. The average Bonchev–Trinajstić information content (AvgIpc) is 3.42. The molecule has 0 aliphatic heterocycles. The quantitative estimate of drug-likeness (QED) is 0.225. The minimum atomic E-state index is -0.271. The maximum Gasteiger partial charge on any atom is 0.0296 e. The van der Waals surface area contributed by atoms with E-state index in [4.69, 9.17) is 14.0 Å². The Morgan fingerprint density at radius 2 is 1.13 bits per heavy atom. The first-order chi connectivity index (χ1) is 14.8. The minimum absolute atomic E-state index is 0. The standard InChI is InChI=1S/C18H13O.C5H5.3CO.W/c1-15(19)18(14-17-10-6-3-7-11-17)13-12-16-8-4-2-5-9-16;1-2-4-5-3-1;3*1-2;/h2-11,14H,1H2;1-5H;;;;/q-1;;;;;/b18-14+;;;;;. The zero-order valence-corrected chi connectivity index (χ0v) is 19.4. The van der Waals surface area contributed by atoms with Crippen LogP contribution in [-0.2, 0) is 39.8 Å². The van der Waals surface area contributed by atoms with Gasteiger partial charge >= 0.3 is 33.9 Å². The number of carbonyl (C=O) groups is 1. The Balaban J connectivity index is -0.000000549. The van der Waals surface area contributed by atoms with Crippen molar-refractivity contribution in [2.45, 2.75) is 0 Å². The molecule has 0 N–H and O–H groups in total. The Bertz CT molecular complexity index is 828. The van der Waals surface area contributed by atoms with Crippen molar-refractivity contribution in [3.8, 4) is 11.8 Å². The molecule has 0 atom stereocenters. The molecule has 5 radical (unpaired) electrons. The molecule has 1 saturated carbocycles. The van der Waals surface area contributed by atoms with E-state index in [1.807, 2.05) is 92.8 Å². The van der Waals surface area contributed by atoms with Gasteiger partial charge < -0.3 is 4.79 Å². The second-order valence-corrected chi connectivity index (χ2v) is 4.97. The van der Waals surface area contributed by atoms with Gasteiger partial charge in [0.2, 0.25) is 0 Å². The molecule has 3 rings (SSSR count). The number of allylic oxidation sites excluding steroid dienone is 1. The number of ketones is 1. The first kappa shape index (κ1) is 32.8. The van der Waals surface area contributed by atoms with Crippen LogP contribution in [0.3, 0.4) is 0 Å². The first-order valence-electron chi connectivity index (χ1n) is 8.24. The first-order valence-corrected chi connectivity index (χ1v) is 8.24. The Morgan fingerprint density at radius 3 is 1.52 bits per heavy atom. The van der Waals surface area contributed by atoms with E-state index < -0.39 is 0 Å². The van der Waals surface area contributed by atoms with Crippen LogP contribution in [0.15, 0.2) is 66.2 Å². The number of hydrogen-bond acceptors (Lipinski definition) is 1. The van der Waals surface area contributed by atoms with Gasteiger partial charge in [-0.15, -0.1) is 6.08 Å². The Kier molecular flexibility index (Phi) is 26.7. The van der Waals surface area contributed by atoms with Crippen LogP contribution in [0.5, 0.6) is 0 Å². The van der Waals surface area contributed by atoms with Crippen LogP contribution in [0.1, 0.15) is 11.1 Å². The van der Waals surface area contributed by atoms with Crippen LogP contribution in [0.4, 0.5) is 0 Å². The van der Waals surface area contributed by atoms with Gasteiger partial charge in [0, 0.05) is 32.4 Å². The van der Waals surface area contributed by atoms with Gasteiger partial charge in [0.15, 0.2) is 0 Å². The molecule has 1 aliphatic carbocycles. The van der Waals surface area contributed by atoms with Gasteiger partial charge in [-0.1, -0.05) is 60.0 Å². The summed E-state index contributed by atoms with van der Waals surface area (Å²) in [5.74, 6) is 5.58. The van der Waals surface area contributed by atoms with E-state index in [1.165, 1.54) is 0 Å². The molecular weight excluding hydrogens is 560 g/mol. The molecule has 2 aromatic carbocycles. The second-order valence-electron chi connectivity index (χ2n) is 4.97. The monoisotopic (exact) mass is 578 g/mol. The molecule has 0 saturated heterocycles. The third-order valence-corrected chi connectivity index (χ3v) is 3.08. The zero-order chi connectivity index (χ0) is 23.0. The molecule has 0 amide bonds. The molecule has 1 fully saturated rings. The molecule has 153 valence electrons. The van der Waals surface area contributed by atoms with Crippen LogP contribution in [-0.4, -0.2) is 5.78 Å². The van der Waals surface area contributed by atoms with Crippen molar-refractivity contribution in [3.63, 3.8) is 0 Å². The Labute approximate surface area is 199 Å². The van der Waals surface area contributed by atoms with Crippen molar-refractivity contribution in [1.82, 2.24) is 0 Å². The SMILES string of the molecule is [C-]#[O+].[C-]#[O+].[C-]#[O+].[CH2-]C(=O)/C(C#Cc1ccccc1)=C/c1ccccc1.[CH]1[CH][CH][CH][CH]1.[W]. The molecule has 0 unspecified atom stereocenters. The van der Waals surface area contributed by atoms with Crippen molar-refractivity contribution < 1.29 is 39.8 Å². The van der Waals surface area contributed by atoms with Gasteiger partial charge in [0.1, 0.15) is 0 Å². The maximum atomic E-state index is 11.5. The fraction of sp³-hybridized carbons (Fsp3) is 0. The third kappa shape index (κ3) is 17.7. The van der Waals surface area contributed by atoms with Crippen LogP contribution >= 0.6 is 0 Å². The van der Waals surface area contributed by atoms with Crippen LogP contribution in [0, 0.1) is 70.8 Å². The fourth-order valence-electron chi connectivity index (χ4n) is 1.88. The molecule has 0 aromatic heterocycles. The van der Waals surface area contributed by atoms with Crippen molar-refractivity contribution in [1.29, 1.82) is 0 Å². The number of carbonyl (C=O) groups excluding carboxylic acids is 1. The average molecular weight is 578 g/mol. The number of rotatable bonds is 2. The smallest absolute Gasteiger partial charge is 0.0296 e. The van der Waals surface area contributed by atoms with Crippen LogP contribution < -0.4 is 0 Å². The predicted octanol–water partition coefficient (Wildman–Crippen LogP) is 4.43. The third-order valence-electron chi connectivity index (χ3n) is 3.08. The summed E-state index contributed by atoms with van der Waals surface area (Å²) in [6.45, 7) is 16.9. The van der Waals surface area contributed by atoms with Gasteiger partial charge in [0.05, 0.1) is 0 Å². The number of hydrogen-bond donors (Lipinski definition) is 0. The molecular formula is C26H18O4W-. The van der Waals surface area contributed by atoms with Gasteiger partial charge in [-0.25, -0.2) is 0 Å². The van der Waals surface area contributed by atoms with E-state index in [1.54, 1.807) is 6.08 Å². The molecule has 2 aromatic rings. The largest absolute Gasteiger partial charge is 0.331 e. The van der Waals surface area contributed by atoms with E-state index in [-0.39, 0.29) is 26.8 Å². The molecule has 0 spiro atoms. The van der Waals surface area contributed by atoms with E-state index >= 15 is 0 Å². The van der Waals surface area contributed by atoms with Crippen molar-refractivity contribution >= 4 is 11.9 Å². The summed E-state index contributed by atoms with van der Waals surface area (Å²) in [7, 11) is 0. The zero-order valence-electron chi connectivity index (χ0n) is 16.5.